The summed E-state index contributed by atoms with van der Waals surface area (Å²) in [6.45, 7) is 1.30. The van der Waals surface area contributed by atoms with Gasteiger partial charge in [0.25, 0.3) is 0 Å². The fourth-order valence-electron chi connectivity index (χ4n) is 2.30. The molecule has 20 heavy (non-hydrogen) atoms. The van der Waals surface area contributed by atoms with Gasteiger partial charge in [-0.25, -0.2) is 4.79 Å². The van der Waals surface area contributed by atoms with Crippen molar-refractivity contribution in [1.29, 1.82) is 0 Å². The first kappa shape index (κ1) is 14.6. The van der Waals surface area contributed by atoms with E-state index in [-0.39, 0.29) is 11.8 Å². The van der Waals surface area contributed by atoms with Crippen LogP contribution < -0.4 is 10.6 Å². The van der Waals surface area contributed by atoms with Crippen LogP contribution in [0, 0.1) is 5.92 Å². The molecule has 0 aliphatic carbocycles. The molecule has 1 atom stereocenters. The lowest BCUT2D eigenvalue weighted by molar-refractivity contribution is -0.131. The highest BCUT2D eigenvalue weighted by Crippen LogP contribution is 2.30. The van der Waals surface area contributed by atoms with Gasteiger partial charge in [-0.2, -0.15) is 0 Å². The van der Waals surface area contributed by atoms with Gasteiger partial charge in [0.1, 0.15) is 0 Å². The molecule has 1 heterocycles. The van der Waals surface area contributed by atoms with Crippen molar-refractivity contribution in [2.24, 2.45) is 11.7 Å². The molecule has 106 valence electrons. The second-order valence-corrected chi connectivity index (χ2v) is 5.62. The Balaban J connectivity index is 2.28. The van der Waals surface area contributed by atoms with Crippen molar-refractivity contribution in [3.63, 3.8) is 0 Å². The maximum atomic E-state index is 11.2. The number of amides is 1. The highest BCUT2D eigenvalue weighted by molar-refractivity contribution is 9.10. The Morgan fingerprint density at radius 3 is 2.80 bits per heavy atom. The lowest BCUT2D eigenvalue weighted by Crippen LogP contribution is -2.27. The van der Waals surface area contributed by atoms with E-state index >= 15 is 0 Å². The molecule has 3 N–H and O–H groups in total. The van der Waals surface area contributed by atoms with Gasteiger partial charge in [0, 0.05) is 29.3 Å². The van der Waals surface area contributed by atoms with Gasteiger partial charge in [-0.3, -0.25) is 4.79 Å². The van der Waals surface area contributed by atoms with Crippen molar-refractivity contribution in [3.05, 3.63) is 34.3 Å². The molecule has 1 saturated heterocycles. The molecule has 2 rings (SSSR count). The topological polar surface area (TPSA) is 83.6 Å². The quantitative estimate of drug-likeness (QED) is 0.820. The van der Waals surface area contributed by atoms with E-state index in [1.807, 2.05) is 18.2 Å². The Bertz CT molecular complexity index is 572. The summed E-state index contributed by atoms with van der Waals surface area (Å²) < 4.78 is 0.905. The molecule has 0 aromatic heterocycles. The molecule has 1 amide bonds. The van der Waals surface area contributed by atoms with Crippen LogP contribution in [-0.4, -0.2) is 30.1 Å². The number of rotatable bonds is 4. The van der Waals surface area contributed by atoms with Gasteiger partial charge in [0.2, 0.25) is 5.91 Å². The monoisotopic (exact) mass is 338 g/mol. The second kappa shape index (κ2) is 6.09. The predicted octanol–water partition coefficient (Wildman–Crippen LogP) is 1.86. The first-order valence-electron chi connectivity index (χ1n) is 6.22. The van der Waals surface area contributed by atoms with Gasteiger partial charge in [0.05, 0.1) is 5.92 Å². The molecule has 0 spiro atoms. The number of nitrogens with zero attached hydrogens (tertiary/aromatic N) is 1. The molecule has 1 fully saturated rings. The summed E-state index contributed by atoms with van der Waals surface area (Å²) in [5.41, 5.74) is 7.05. The van der Waals surface area contributed by atoms with Crippen molar-refractivity contribution < 1.29 is 14.7 Å². The van der Waals surface area contributed by atoms with Crippen molar-refractivity contribution in [2.75, 3.05) is 18.0 Å². The Hall–Kier alpha value is -1.82. The van der Waals surface area contributed by atoms with Crippen LogP contribution in [0.1, 0.15) is 12.0 Å². The highest BCUT2D eigenvalue weighted by Gasteiger charge is 2.27. The first-order valence-corrected chi connectivity index (χ1v) is 7.01. The zero-order valence-corrected chi connectivity index (χ0v) is 12.3. The number of halogens is 1. The van der Waals surface area contributed by atoms with Gasteiger partial charge in [-0.05, 0) is 30.2 Å². The molecule has 5 nitrogen and oxygen atoms in total. The van der Waals surface area contributed by atoms with E-state index in [0.29, 0.717) is 6.54 Å². The van der Waals surface area contributed by atoms with Crippen LogP contribution in [0.5, 0.6) is 0 Å². The Labute approximate surface area is 125 Å². The molecule has 0 saturated carbocycles. The number of hydrogen-bond donors (Lipinski definition) is 2. The number of carbonyl (C=O) groups is 2. The van der Waals surface area contributed by atoms with Crippen molar-refractivity contribution in [2.45, 2.75) is 6.42 Å². The smallest absolute Gasteiger partial charge is 0.328 e. The molecule has 1 aromatic rings. The van der Waals surface area contributed by atoms with Gasteiger partial charge >= 0.3 is 5.97 Å². The fraction of sp³-hybridized carbons (Fsp3) is 0.286. The van der Waals surface area contributed by atoms with E-state index in [9.17, 15) is 9.59 Å². The predicted molar refractivity (Wildman–Crippen MR) is 80.3 cm³/mol. The average Bonchev–Trinajstić information content (AvgIpc) is 2.86. The summed E-state index contributed by atoms with van der Waals surface area (Å²) in [4.78, 5) is 23.9. The van der Waals surface area contributed by atoms with Crippen LogP contribution in [0.25, 0.3) is 6.08 Å². The molecule has 0 radical (unpaired) electrons. The van der Waals surface area contributed by atoms with Crippen LogP contribution >= 0.6 is 15.9 Å². The van der Waals surface area contributed by atoms with Gasteiger partial charge < -0.3 is 15.7 Å². The third-order valence-electron chi connectivity index (χ3n) is 3.33. The summed E-state index contributed by atoms with van der Waals surface area (Å²) in [6, 6.07) is 5.62. The van der Waals surface area contributed by atoms with Gasteiger partial charge in [-0.1, -0.05) is 22.0 Å². The second-order valence-electron chi connectivity index (χ2n) is 4.71. The minimum Gasteiger partial charge on any atom is -0.478 e. The minimum atomic E-state index is -0.990. The molecule has 6 heteroatoms. The Kier molecular flexibility index (Phi) is 4.44. The minimum absolute atomic E-state index is 0.148. The Morgan fingerprint density at radius 1 is 1.45 bits per heavy atom. The standard InChI is InChI=1S/C14H15BrN2O3/c15-11-3-1-9(2-4-13(18)19)12(7-11)17-6-5-10(8-17)14(16)20/h1-4,7,10H,5-6,8H2,(H2,16,20)(H,18,19)/b4-2+. The van der Waals surface area contributed by atoms with E-state index in [0.717, 1.165) is 34.8 Å². The van der Waals surface area contributed by atoms with E-state index in [1.165, 1.54) is 0 Å². The fourth-order valence-corrected chi connectivity index (χ4v) is 2.65. The first-order chi connectivity index (χ1) is 9.47. The van der Waals surface area contributed by atoms with E-state index < -0.39 is 5.97 Å². The van der Waals surface area contributed by atoms with Crippen molar-refractivity contribution in [1.82, 2.24) is 0 Å². The summed E-state index contributed by atoms with van der Waals surface area (Å²) in [7, 11) is 0. The Morgan fingerprint density at radius 2 is 2.20 bits per heavy atom. The largest absolute Gasteiger partial charge is 0.478 e. The van der Waals surface area contributed by atoms with E-state index in [4.69, 9.17) is 10.8 Å². The molecular formula is C14H15BrN2O3. The number of benzene rings is 1. The zero-order valence-electron chi connectivity index (χ0n) is 10.8. The van der Waals surface area contributed by atoms with E-state index in [1.54, 1.807) is 6.08 Å². The van der Waals surface area contributed by atoms with Crippen LogP contribution in [-0.2, 0) is 9.59 Å². The average molecular weight is 339 g/mol. The van der Waals surface area contributed by atoms with Gasteiger partial charge in [0.15, 0.2) is 0 Å². The number of anilines is 1. The lowest BCUT2D eigenvalue weighted by Gasteiger charge is -2.21. The molecule has 1 unspecified atom stereocenters. The van der Waals surface area contributed by atoms with Crippen LogP contribution in [0.15, 0.2) is 28.7 Å². The molecule has 0 bridgehead atoms. The zero-order chi connectivity index (χ0) is 14.7. The molecule has 1 aromatic carbocycles. The SMILES string of the molecule is NC(=O)C1CCN(c2cc(Br)ccc2/C=C/C(=O)O)C1. The van der Waals surface area contributed by atoms with E-state index in [2.05, 4.69) is 20.8 Å². The van der Waals surface area contributed by atoms with Crippen LogP contribution in [0.2, 0.25) is 0 Å². The van der Waals surface area contributed by atoms with Crippen LogP contribution in [0.3, 0.4) is 0 Å². The molecular weight excluding hydrogens is 324 g/mol. The van der Waals surface area contributed by atoms with Gasteiger partial charge in [-0.15, -0.1) is 0 Å². The number of carboxylic acids is 1. The van der Waals surface area contributed by atoms with Crippen molar-refractivity contribution in [3.8, 4) is 0 Å². The molecule has 1 aliphatic rings. The maximum Gasteiger partial charge on any atom is 0.328 e. The summed E-state index contributed by atoms with van der Waals surface area (Å²) in [5, 5.41) is 8.73. The lowest BCUT2D eigenvalue weighted by atomic mass is 10.1. The number of carbonyl (C=O) groups excluding carboxylic acids is 1. The van der Waals surface area contributed by atoms with Crippen LogP contribution in [0.4, 0.5) is 5.69 Å². The number of hydrogen-bond acceptors (Lipinski definition) is 3. The third kappa shape index (κ3) is 3.39. The number of aliphatic carboxylic acids is 1. The summed E-state index contributed by atoms with van der Waals surface area (Å²) >= 11 is 3.41. The van der Waals surface area contributed by atoms with Crippen molar-refractivity contribution >= 4 is 39.6 Å². The maximum absolute atomic E-state index is 11.2. The molecule has 1 aliphatic heterocycles. The summed E-state index contributed by atoms with van der Waals surface area (Å²) in [5.74, 6) is -1.43. The normalized spacial score (nSPS) is 18.6. The number of nitrogens with two attached hydrogens (primary N) is 1. The summed E-state index contributed by atoms with van der Waals surface area (Å²) in [6.07, 6.45) is 3.39. The number of primary amides is 1. The highest BCUT2D eigenvalue weighted by atomic mass is 79.9. The number of carboxylic acid groups (broad SMARTS) is 1. The third-order valence-corrected chi connectivity index (χ3v) is 3.82.